The largest absolute Gasteiger partial charge is 0.374 e. The Kier molecular flexibility index (Phi) is 10.2. The molecule has 2 rings (SSSR count). The number of thioether (sulfide) groups is 1. The SMILES string of the molecule is CCNC(=NCC1CN(C)CCO1)N1CCSC(C(C)C)C1.I. The third kappa shape index (κ3) is 6.96. The Bertz CT molecular complexity index is 370. The first kappa shape index (κ1) is 21.3. The van der Waals surface area contributed by atoms with Crippen molar-refractivity contribution in [1.29, 1.82) is 0 Å². The van der Waals surface area contributed by atoms with Crippen LogP contribution in [0.15, 0.2) is 4.99 Å². The van der Waals surface area contributed by atoms with Gasteiger partial charge in [-0.05, 0) is 19.9 Å². The van der Waals surface area contributed by atoms with Gasteiger partial charge in [-0.2, -0.15) is 11.8 Å². The maximum atomic E-state index is 5.82. The van der Waals surface area contributed by atoms with Crippen LogP contribution in [0.5, 0.6) is 0 Å². The highest BCUT2D eigenvalue weighted by Gasteiger charge is 2.25. The van der Waals surface area contributed by atoms with Crippen molar-refractivity contribution in [3.05, 3.63) is 0 Å². The molecule has 136 valence electrons. The summed E-state index contributed by atoms with van der Waals surface area (Å²) in [4.78, 5) is 9.61. The molecule has 0 aliphatic carbocycles. The van der Waals surface area contributed by atoms with Crippen molar-refractivity contribution in [3.8, 4) is 0 Å². The highest BCUT2D eigenvalue weighted by Crippen LogP contribution is 2.24. The predicted molar refractivity (Wildman–Crippen MR) is 111 cm³/mol. The van der Waals surface area contributed by atoms with E-state index in [2.05, 4.69) is 54.7 Å². The number of likely N-dealkylation sites (N-methyl/N-ethyl adjacent to an activating group) is 1. The first-order valence-corrected chi connectivity index (χ1v) is 9.60. The minimum absolute atomic E-state index is 0. The summed E-state index contributed by atoms with van der Waals surface area (Å²) in [5.41, 5.74) is 0. The van der Waals surface area contributed by atoms with E-state index in [1.54, 1.807) is 0 Å². The second-order valence-corrected chi connectivity index (χ2v) is 7.90. The molecule has 2 fully saturated rings. The molecule has 0 aromatic carbocycles. The van der Waals surface area contributed by atoms with E-state index >= 15 is 0 Å². The normalized spacial score (nSPS) is 27.0. The highest BCUT2D eigenvalue weighted by atomic mass is 127. The van der Waals surface area contributed by atoms with E-state index in [1.165, 1.54) is 5.75 Å². The third-order valence-electron chi connectivity index (χ3n) is 4.26. The van der Waals surface area contributed by atoms with Crippen LogP contribution >= 0.6 is 35.7 Å². The first-order chi connectivity index (χ1) is 10.6. The second-order valence-electron chi connectivity index (χ2n) is 6.55. The quantitative estimate of drug-likeness (QED) is 0.398. The molecule has 0 aromatic heterocycles. The molecule has 2 unspecified atom stereocenters. The lowest BCUT2D eigenvalue weighted by Crippen LogP contribution is -2.49. The fraction of sp³-hybridized carbons (Fsp3) is 0.938. The molecule has 0 spiro atoms. The molecule has 0 amide bonds. The van der Waals surface area contributed by atoms with Crippen molar-refractivity contribution in [3.63, 3.8) is 0 Å². The Balaban J connectivity index is 0.00000264. The zero-order valence-electron chi connectivity index (χ0n) is 15.0. The zero-order chi connectivity index (χ0) is 15.9. The molecule has 1 N–H and O–H groups in total. The molecule has 23 heavy (non-hydrogen) atoms. The zero-order valence-corrected chi connectivity index (χ0v) is 18.1. The summed E-state index contributed by atoms with van der Waals surface area (Å²) < 4.78 is 5.82. The number of aliphatic imine (C=N–C) groups is 1. The number of hydrogen-bond acceptors (Lipinski definition) is 4. The van der Waals surface area contributed by atoms with Gasteiger partial charge in [-0.25, -0.2) is 0 Å². The molecule has 2 aliphatic rings. The van der Waals surface area contributed by atoms with Crippen LogP contribution in [0.3, 0.4) is 0 Å². The van der Waals surface area contributed by atoms with Crippen molar-refractivity contribution < 1.29 is 4.74 Å². The number of nitrogens with one attached hydrogen (secondary N) is 1. The number of rotatable bonds is 4. The van der Waals surface area contributed by atoms with Crippen LogP contribution < -0.4 is 5.32 Å². The predicted octanol–water partition coefficient (Wildman–Crippen LogP) is 1.97. The Morgan fingerprint density at radius 3 is 2.78 bits per heavy atom. The highest BCUT2D eigenvalue weighted by molar-refractivity contribution is 14.0. The Labute approximate surface area is 163 Å². The number of halogens is 1. The Morgan fingerprint density at radius 1 is 1.35 bits per heavy atom. The van der Waals surface area contributed by atoms with E-state index < -0.39 is 0 Å². The summed E-state index contributed by atoms with van der Waals surface area (Å²) >= 11 is 2.10. The number of guanidine groups is 1. The van der Waals surface area contributed by atoms with Crippen LogP contribution in [-0.2, 0) is 4.74 Å². The molecule has 0 bridgehead atoms. The van der Waals surface area contributed by atoms with Gasteiger partial charge in [0.1, 0.15) is 0 Å². The fourth-order valence-electron chi connectivity index (χ4n) is 2.86. The summed E-state index contributed by atoms with van der Waals surface area (Å²) in [6, 6.07) is 0. The topological polar surface area (TPSA) is 40.1 Å². The maximum absolute atomic E-state index is 5.82. The van der Waals surface area contributed by atoms with Crippen LogP contribution in [0.25, 0.3) is 0 Å². The average molecular weight is 456 g/mol. The molecule has 0 aromatic rings. The lowest BCUT2D eigenvalue weighted by Gasteiger charge is -2.36. The number of morpholine rings is 1. The molecular formula is C16H33IN4OS. The summed E-state index contributed by atoms with van der Waals surface area (Å²) in [5.74, 6) is 2.96. The van der Waals surface area contributed by atoms with Crippen LogP contribution in [0.2, 0.25) is 0 Å². The van der Waals surface area contributed by atoms with Gasteiger partial charge in [0.15, 0.2) is 5.96 Å². The minimum atomic E-state index is 0. The van der Waals surface area contributed by atoms with Crippen molar-refractivity contribution in [2.24, 2.45) is 10.9 Å². The van der Waals surface area contributed by atoms with Gasteiger partial charge in [-0.3, -0.25) is 4.99 Å². The molecule has 2 heterocycles. The molecule has 0 radical (unpaired) electrons. The van der Waals surface area contributed by atoms with Gasteiger partial charge < -0.3 is 19.9 Å². The monoisotopic (exact) mass is 456 g/mol. The summed E-state index contributed by atoms with van der Waals surface area (Å²) in [6.45, 7) is 13.5. The van der Waals surface area contributed by atoms with Crippen LogP contribution in [0, 0.1) is 5.92 Å². The summed E-state index contributed by atoms with van der Waals surface area (Å²) in [6.07, 6.45) is 0.229. The third-order valence-corrected chi connectivity index (χ3v) is 5.80. The standard InChI is InChI=1S/C16H32N4OS.HI/c1-5-17-16(18-10-14-11-19(4)6-8-21-14)20-7-9-22-15(12-20)13(2)3;/h13-15H,5-12H2,1-4H3,(H,17,18);1H. The first-order valence-electron chi connectivity index (χ1n) is 8.55. The molecule has 5 nitrogen and oxygen atoms in total. The molecule has 2 atom stereocenters. The van der Waals surface area contributed by atoms with Crippen LogP contribution in [0.4, 0.5) is 0 Å². The van der Waals surface area contributed by atoms with Gasteiger partial charge in [-0.15, -0.1) is 24.0 Å². The Hall–Kier alpha value is 0.270. The summed E-state index contributed by atoms with van der Waals surface area (Å²) in [5, 5.41) is 4.16. The smallest absolute Gasteiger partial charge is 0.194 e. The van der Waals surface area contributed by atoms with Gasteiger partial charge in [0.25, 0.3) is 0 Å². The number of nitrogens with zero attached hydrogens (tertiary/aromatic N) is 3. The Morgan fingerprint density at radius 2 is 2.13 bits per heavy atom. The van der Waals surface area contributed by atoms with Crippen molar-refractivity contribution in [2.75, 3.05) is 58.7 Å². The molecule has 0 saturated carbocycles. The van der Waals surface area contributed by atoms with Crippen LogP contribution in [-0.4, -0.2) is 85.8 Å². The minimum Gasteiger partial charge on any atom is -0.374 e. The number of ether oxygens (including phenoxy) is 1. The van der Waals surface area contributed by atoms with E-state index in [-0.39, 0.29) is 30.1 Å². The van der Waals surface area contributed by atoms with E-state index in [0.717, 1.165) is 51.8 Å². The van der Waals surface area contributed by atoms with E-state index in [4.69, 9.17) is 9.73 Å². The molecule has 2 aliphatic heterocycles. The number of hydrogen-bond donors (Lipinski definition) is 1. The van der Waals surface area contributed by atoms with E-state index in [1.807, 2.05) is 0 Å². The van der Waals surface area contributed by atoms with Gasteiger partial charge in [0, 0.05) is 43.7 Å². The average Bonchev–Trinajstić information content (AvgIpc) is 2.51. The summed E-state index contributed by atoms with van der Waals surface area (Å²) in [7, 11) is 2.15. The van der Waals surface area contributed by atoms with Gasteiger partial charge in [0.2, 0.25) is 0 Å². The van der Waals surface area contributed by atoms with Gasteiger partial charge >= 0.3 is 0 Å². The second kappa shape index (κ2) is 11.0. The molecule has 7 heteroatoms. The maximum Gasteiger partial charge on any atom is 0.194 e. The lowest BCUT2D eigenvalue weighted by atomic mass is 10.1. The van der Waals surface area contributed by atoms with E-state index in [9.17, 15) is 0 Å². The van der Waals surface area contributed by atoms with Crippen molar-refractivity contribution in [1.82, 2.24) is 15.1 Å². The molecular weight excluding hydrogens is 423 g/mol. The van der Waals surface area contributed by atoms with Gasteiger partial charge in [-0.1, -0.05) is 13.8 Å². The molecule has 2 saturated heterocycles. The van der Waals surface area contributed by atoms with Gasteiger partial charge in [0.05, 0.1) is 19.3 Å². The van der Waals surface area contributed by atoms with E-state index in [0.29, 0.717) is 11.2 Å². The fourth-order valence-corrected chi connectivity index (χ4v) is 4.16. The van der Waals surface area contributed by atoms with Crippen molar-refractivity contribution >= 4 is 41.7 Å². The van der Waals surface area contributed by atoms with Crippen molar-refractivity contribution in [2.45, 2.75) is 32.1 Å². The van der Waals surface area contributed by atoms with Crippen LogP contribution in [0.1, 0.15) is 20.8 Å². The lowest BCUT2D eigenvalue weighted by molar-refractivity contribution is -0.0137.